The standard InChI is InChI=1S/C21H28O6/c1-10(2)12-15(23)13-11(9-22)18-20(3,14(13)17(25)16(12)24)7-6-8-21(18,4)19(26)27-5/h10-11,18,22-23H,6-9H2,1-5H3/t11-,18+,20+,21+/m0/s1. The molecule has 1 saturated carbocycles. The van der Waals surface area contributed by atoms with Gasteiger partial charge in [-0.25, -0.2) is 0 Å². The van der Waals surface area contributed by atoms with E-state index in [-0.39, 0.29) is 35.4 Å². The Morgan fingerprint density at radius 2 is 1.85 bits per heavy atom. The molecule has 0 aromatic heterocycles. The van der Waals surface area contributed by atoms with Crippen molar-refractivity contribution in [1.82, 2.24) is 0 Å². The number of ether oxygens (including phenoxy) is 1. The molecular weight excluding hydrogens is 348 g/mol. The number of rotatable bonds is 3. The average molecular weight is 376 g/mol. The van der Waals surface area contributed by atoms with Gasteiger partial charge in [0.05, 0.1) is 19.1 Å². The van der Waals surface area contributed by atoms with Crippen LogP contribution in [0.15, 0.2) is 22.5 Å². The molecule has 0 bridgehead atoms. The van der Waals surface area contributed by atoms with Gasteiger partial charge in [0.25, 0.3) is 0 Å². The molecule has 27 heavy (non-hydrogen) atoms. The Morgan fingerprint density at radius 3 is 2.37 bits per heavy atom. The first kappa shape index (κ1) is 19.8. The summed E-state index contributed by atoms with van der Waals surface area (Å²) in [7, 11) is 1.33. The molecule has 4 atom stereocenters. The Labute approximate surface area is 159 Å². The second kappa shape index (κ2) is 6.30. The summed E-state index contributed by atoms with van der Waals surface area (Å²) in [5.74, 6) is -3.20. The van der Waals surface area contributed by atoms with Gasteiger partial charge in [-0.1, -0.05) is 27.2 Å². The highest BCUT2D eigenvalue weighted by atomic mass is 16.5. The molecule has 1 fully saturated rings. The van der Waals surface area contributed by atoms with Gasteiger partial charge in [-0.2, -0.15) is 0 Å². The fourth-order valence-corrected chi connectivity index (χ4v) is 6.02. The molecule has 3 aliphatic carbocycles. The maximum atomic E-state index is 13.1. The zero-order valence-electron chi connectivity index (χ0n) is 16.6. The molecular formula is C21H28O6. The lowest BCUT2D eigenvalue weighted by atomic mass is 9.53. The van der Waals surface area contributed by atoms with Crippen molar-refractivity contribution in [3.8, 4) is 0 Å². The van der Waals surface area contributed by atoms with Crippen LogP contribution in [0.25, 0.3) is 0 Å². The third-order valence-corrected chi connectivity index (χ3v) is 6.99. The van der Waals surface area contributed by atoms with Crippen molar-refractivity contribution in [2.75, 3.05) is 13.7 Å². The Bertz CT molecular complexity index is 788. The highest BCUT2D eigenvalue weighted by Gasteiger charge is 2.65. The number of hydrogen-bond acceptors (Lipinski definition) is 6. The summed E-state index contributed by atoms with van der Waals surface area (Å²) >= 11 is 0. The lowest BCUT2D eigenvalue weighted by Gasteiger charge is -2.49. The topological polar surface area (TPSA) is 101 Å². The first-order chi connectivity index (χ1) is 12.6. The van der Waals surface area contributed by atoms with E-state index in [1.807, 2.05) is 6.92 Å². The van der Waals surface area contributed by atoms with Crippen LogP contribution >= 0.6 is 0 Å². The van der Waals surface area contributed by atoms with E-state index in [1.54, 1.807) is 20.8 Å². The molecule has 0 heterocycles. The van der Waals surface area contributed by atoms with Crippen LogP contribution in [0.2, 0.25) is 0 Å². The van der Waals surface area contributed by atoms with Crippen molar-refractivity contribution in [2.45, 2.75) is 47.0 Å². The van der Waals surface area contributed by atoms with E-state index < -0.39 is 34.2 Å². The monoisotopic (exact) mass is 376 g/mol. The number of Topliss-reactive ketones (excluding diaryl/α,β-unsaturated/α-hetero) is 2. The largest absolute Gasteiger partial charge is 0.507 e. The summed E-state index contributed by atoms with van der Waals surface area (Å²) in [6.07, 6.45) is 1.88. The number of carbonyl (C=O) groups is 3. The normalized spacial score (nSPS) is 36.3. The summed E-state index contributed by atoms with van der Waals surface area (Å²) in [5.41, 5.74) is -0.941. The molecule has 0 radical (unpaired) electrons. The molecule has 0 unspecified atom stereocenters. The third-order valence-electron chi connectivity index (χ3n) is 6.99. The van der Waals surface area contributed by atoms with Gasteiger partial charge < -0.3 is 14.9 Å². The molecule has 6 nitrogen and oxygen atoms in total. The van der Waals surface area contributed by atoms with E-state index >= 15 is 0 Å². The number of esters is 1. The Kier molecular flexibility index (Phi) is 4.62. The van der Waals surface area contributed by atoms with Gasteiger partial charge in [0, 0.05) is 28.1 Å². The zero-order valence-corrected chi connectivity index (χ0v) is 16.6. The summed E-state index contributed by atoms with van der Waals surface area (Å²) < 4.78 is 5.06. The van der Waals surface area contributed by atoms with Crippen molar-refractivity contribution >= 4 is 17.5 Å². The second-order valence-electron chi connectivity index (χ2n) is 8.81. The zero-order chi connectivity index (χ0) is 20.3. The fourth-order valence-electron chi connectivity index (χ4n) is 6.02. The quantitative estimate of drug-likeness (QED) is 0.446. The second-order valence-corrected chi connectivity index (χ2v) is 8.81. The number of aliphatic hydroxyl groups is 2. The van der Waals surface area contributed by atoms with E-state index in [2.05, 4.69) is 0 Å². The van der Waals surface area contributed by atoms with E-state index in [0.29, 0.717) is 24.8 Å². The van der Waals surface area contributed by atoms with E-state index in [4.69, 9.17) is 4.74 Å². The van der Waals surface area contributed by atoms with Crippen molar-refractivity contribution in [2.24, 2.45) is 28.6 Å². The number of aliphatic hydroxyl groups excluding tert-OH is 2. The van der Waals surface area contributed by atoms with Gasteiger partial charge in [-0.05, 0) is 31.6 Å². The molecule has 0 aliphatic heterocycles. The predicted octanol–water partition coefficient (Wildman–Crippen LogP) is 2.51. The highest BCUT2D eigenvalue weighted by Crippen LogP contribution is 2.65. The number of ketones is 2. The number of fused-ring (bicyclic) bond motifs is 2. The van der Waals surface area contributed by atoms with Crippen LogP contribution in [0.3, 0.4) is 0 Å². The summed E-state index contributed by atoms with van der Waals surface area (Å²) in [4.78, 5) is 38.5. The Morgan fingerprint density at radius 1 is 1.22 bits per heavy atom. The third kappa shape index (κ3) is 2.38. The molecule has 3 aliphatic rings. The lowest BCUT2D eigenvalue weighted by Crippen LogP contribution is -2.51. The average Bonchev–Trinajstić information content (AvgIpc) is 2.89. The van der Waals surface area contributed by atoms with Crippen LogP contribution in [0.4, 0.5) is 0 Å². The van der Waals surface area contributed by atoms with Crippen molar-refractivity contribution in [3.05, 3.63) is 22.5 Å². The first-order valence-corrected chi connectivity index (χ1v) is 9.52. The maximum Gasteiger partial charge on any atom is 0.311 e. The van der Waals surface area contributed by atoms with Crippen LogP contribution in [-0.4, -0.2) is 41.5 Å². The maximum absolute atomic E-state index is 13.1. The SMILES string of the molecule is COC(=O)[C@]1(C)CCC[C@]2(C)C3=C(C(O)=C(C(C)C)C(=O)C3=O)[C@H](CO)[C@@H]12. The molecule has 6 heteroatoms. The van der Waals surface area contributed by atoms with Gasteiger partial charge in [-0.15, -0.1) is 0 Å². The van der Waals surface area contributed by atoms with Gasteiger partial charge in [0.15, 0.2) is 0 Å². The van der Waals surface area contributed by atoms with Crippen LogP contribution < -0.4 is 0 Å². The van der Waals surface area contributed by atoms with E-state index in [1.165, 1.54) is 7.11 Å². The lowest BCUT2D eigenvalue weighted by molar-refractivity contribution is -0.164. The highest BCUT2D eigenvalue weighted by molar-refractivity contribution is 6.50. The molecule has 0 aromatic rings. The molecule has 0 saturated heterocycles. The minimum atomic E-state index is -0.909. The van der Waals surface area contributed by atoms with Gasteiger partial charge in [-0.3, -0.25) is 14.4 Å². The number of allylic oxidation sites excluding steroid dienone is 3. The Hall–Kier alpha value is -1.95. The number of hydrogen-bond donors (Lipinski definition) is 2. The van der Waals surface area contributed by atoms with Gasteiger partial charge >= 0.3 is 5.97 Å². The smallest absolute Gasteiger partial charge is 0.311 e. The summed E-state index contributed by atoms with van der Waals surface area (Å²) in [5, 5.41) is 21.2. The van der Waals surface area contributed by atoms with E-state index in [0.717, 1.165) is 0 Å². The van der Waals surface area contributed by atoms with Crippen LogP contribution in [0, 0.1) is 28.6 Å². The van der Waals surface area contributed by atoms with Gasteiger partial charge in [0.1, 0.15) is 5.76 Å². The van der Waals surface area contributed by atoms with Crippen LogP contribution in [-0.2, 0) is 19.1 Å². The Balaban J connectivity index is 2.29. The predicted molar refractivity (Wildman–Crippen MR) is 97.7 cm³/mol. The van der Waals surface area contributed by atoms with Crippen molar-refractivity contribution in [3.63, 3.8) is 0 Å². The van der Waals surface area contributed by atoms with Crippen molar-refractivity contribution < 1.29 is 29.3 Å². The van der Waals surface area contributed by atoms with Crippen LogP contribution in [0.1, 0.15) is 47.0 Å². The molecule has 0 amide bonds. The van der Waals surface area contributed by atoms with Crippen molar-refractivity contribution in [1.29, 1.82) is 0 Å². The molecule has 3 rings (SSSR count). The molecule has 0 spiro atoms. The van der Waals surface area contributed by atoms with E-state index in [9.17, 15) is 24.6 Å². The minimum Gasteiger partial charge on any atom is -0.507 e. The molecule has 2 N–H and O–H groups in total. The minimum absolute atomic E-state index is 0.0965. The van der Waals surface area contributed by atoms with Gasteiger partial charge in [0.2, 0.25) is 11.6 Å². The molecule has 0 aromatic carbocycles. The summed E-state index contributed by atoms with van der Waals surface area (Å²) in [6, 6.07) is 0. The fraction of sp³-hybridized carbons (Fsp3) is 0.667. The summed E-state index contributed by atoms with van der Waals surface area (Å²) in [6.45, 7) is 6.86. The first-order valence-electron chi connectivity index (χ1n) is 9.52. The number of carbonyl (C=O) groups excluding carboxylic acids is 3. The van der Waals surface area contributed by atoms with Crippen LogP contribution in [0.5, 0.6) is 0 Å². The number of methoxy groups -OCH3 is 1. The molecule has 148 valence electrons.